The summed E-state index contributed by atoms with van der Waals surface area (Å²) in [5, 5.41) is 4.40. The van der Waals surface area contributed by atoms with Gasteiger partial charge in [0.2, 0.25) is 0 Å². The standard InChI is InChI=1S/C17H27ClN2/c1-4-19-17(15-7-9-16(18)10-8-15)11-12-20(3)13(2)14-5-6-14/h7-10,13-14,17,19H,4-6,11-12H2,1-3H3. The van der Waals surface area contributed by atoms with Gasteiger partial charge in [0, 0.05) is 17.1 Å². The van der Waals surface area contributed by atoms with E-state index in [1.165, 1.54) is 18.4 Å². The molecule has 112 valence electrons. The molecule has 2 nitrogen and oxygen atoms in total. The lowest BCUT2D eigenvalue weighted by atomic mass is 10.0. The van der Waals surface area contributed by atoms with E-state index in [2.05, 4.69) is 43.2 Å². The molecule has 0 amide bonds. The summed E-state index contributed by atoms with van der Waals surface area (Å²) in [5.41, 5.74) is 1.34. The summed E-state index contributed by atoms with van der Waals surface area (Å²) < 4.78 is 0. The number of benzene rings is 1. The Bertz CT molecular complexity index is 400. The van der Waals surface area contributed by atoms with Gasteiger partial charge in [0.25, 0.3) is 0 Å². The second-order valence-electron chi connectivity index (χ2n) is 6.01. The highest BCUT2D eigenvalue weighted by molar-refractivity contribution is 6.30. The van der Waals surface area contributed by atoms with E-state index >= 15 is 0 Å². The summed E-state index contributed by atoms with van der Waals surface area (Å²) in [6.45, 7) is 6.66. The molecule has 1 aromatic rings. The summed E-state index contributed by atoms with van der Waals surface area (Å²) in [5.74, 6) is 0.938. The molecule has 1 fully saturated rings. The van der Waals surface area contributed by atoms with Crippen molar-refractivity contribution in [1.82, 2.24) is 10.2 Å². The highest BCUT2D eigenvalue weighted by Crippen LogP contribution is 2.34. The Hall–Kier alpha value is -0.570. The molecule has 0 saturated heterocycles. The third-order valence-corrected chi connectivity index (χ3v) is 4.74. The van der Waals surface area contributed by atoms with Crippen LogP contribution in [-0.2, 0) is 0 Å². The highest BCUT2D eigenvalue weighted by Gasteiger charge is 2.30. The first kappa shape index (κ1) is 15.8. The Kier molecular flexibility index (Phi) is 5.88. The zero-order valence-electron chi connectivity index (χ0n) is 12.9. The minimum Gasteiger partial charge on any atom is -0.310 e. The predicted octanol–water partition coefficient (Wildman–Crippen LogP) is 4.11. The molecule has 2 unspecified atom stereocenters. The van der Waals surface area contributed by atoms with Crippen LogP contribution in [0.15, 0.2) is 24.3 Å². The molecular formula is C17H27ClN2. The van der Waals surface area contributed by atoms with Gasteiger partial charge in [-0.1, -0.05) is 30.7 Å². The van der Waals surface area contributed by atoms with Crippen LogP contribution >= 0.6 is 11.6 Å². The monoisotopic (exact) mass is 294 g/mol. The number of hydrogen-bond acceptors (Lipinski definition) is 2. The fourth-order valence-corrected chi connectivity index (χ4v) is 2.93. The number of nitrogens with zero attached hydrogens (tertiary/aromatic N) is 1. The number of rotatable bonds is 8. The maximum Gasteiger partial charge on any atom is 0.0406 e. The van der Waals surface area contributed by atoms with Crippen LogP contribution in [0.3, 0.4) is 0 Å². The first-order chi connectivity index (χ1) is 9.61. The summed E-state index contributed by atoms with van der Waals surface area (Å²) >= 11 is 5.98. The smallest absolute Gasteiger partial charge is 0.0406 e. The quantitative estimate of drug-likeness (QED) is 0.776. The Morgan fingerprint density at radius 2 is 1.95 bits per heavy atom. The molecule has 2 rings (SSSR count). The lowest BCUT2D eigenvalue weighted by Gasteiger charge is -2.27. The van der Waals surface area contributed by atoms with Crippen LogP contribution < -0.4 is 5.32 Å². The maximum atomic E-state index is 5.98. The molecule has 1 aliphatic rings. The molecule has 1 aliphatic carbocycles. The Balaban J connectivity index is 1.89. The van der Waals surface area contributed by atoms with Gasteiger partial charge in [-0.05, 0) is 69.9 Å². The van der Waals surface area contributed by atoms with E-state index in [-0.39, 0.29) is 0 Å². The Morgan fingerprint density at radius 1 is 1.30 bits per heavy atom. The van der Waals surface area contributed by atoms with E-state index in [1.54, 1.807) is 0 Å². The zero-order valence-corrected chi connectivity index (χ0v) is 13.7. The summed E-state index contributed by atoms with van der Waals surface area (Å²) in [6, 6.07) is 9.39. The number of halogens is 1. The number of hydrogen-bond donors (Lipinski definition) is 1. The van der Waals surface area contributed by atoms with Crippen molar-refractivity contribution < 1.29 is 0 Å². The third-order valence-electron chi connectivity index (χ3n) is 4.49. The number of nitrogens with one attached hydrogen (secondary N) is 1. The van der Waals surface area contributed by atoms with Gasteiger partial charge in [0.15, 0.2) is 0 Å². The van der Waals surface area contributed by atoms with Gasteiger partial charge in [-0.25, -0.2) is 0 Å². The van der Waals surface area contributed by atoms with Crippen molar-refractivity contribution in [3.8, 4) is 0 Å². The van der Waals surface area contributed by atoms with Crippen LogP contribution in [0, 0.1) is 5.92 Å². The first-order valence-corrected chi connectivity index (χ1v) is 8.18. The van der Waals surface area contributed by atoms with Crippen molar-refractivity contribution in [2.24, 2.45) is 5.92 Å². The van der Waals surface area contributed by atoms with E-state index in [0.29, 0.717) is 6.04 Å². The lowest BCUT2D eigenvalue weighted by Crippen LogP contribution is -2.34. The average molecular weight is 295 g/mol. The largest absolute Gasteiger partial charge is 0.310 e. The molecule has 0 spiro atoms. The van der Waals surface area contributed by atoms with Crippen LogP contribution in [0.5, 0.6) is 0 Å². The van der Waals surface area contributed by atoms with E-state index in [0.717, 1.165) is 36.5 Å². The first-order valence-electron chi connectivity index (χ1n) is 7.81. The molecule has 1 saturated carbocycles. The van der Waals surface area contributed by atoms with Gasteiger partial charge < -0.3 is 10.2 Å². The van der Waals surface area contributed by atoms with Gasteiger partial charge in [-0.2, -0.15) is 0 Å². The molecular weight excluding hydrogens is 268 g/mol. The molecule has 0 bridgehead atoms. The molecule has 20 heavy (non-hydrogen) atoms. The minimum absolute atomic E-state index is 0.422. The van der Waals surface area contributed by atoms with E-state index in [9.17, 15) is 0 Å². The van der Waals surface area contributed by atoms with Gasteiger partial charge in [-0.3, -0.25) is 0 Å². The van der Waals surface area contributed by atoms with E-state index in [4.69, 9.17) is 11.6 Å². The van der Waals surface area contributed by atoms with Gasteiger partial charge in [-0.15, -0.1) is 0 Å². The second kappa shape index (κ2) is 7.44. The van der Waals surface area contributed by atoms with Crippen LogP contribution in [0.25, 0.3) is 0 Å². The van der Waals surface area contributed by atoms with Crippen LogP contribution in [0.2, 0.25) is 5.02 Å². The highest BCUT2D eigenvalue weighted by atomic mass is 35.5. The van der Waals surface area contributed by atoms with Crippen LogP contribution in [-0.4, -0.2) is 31.1 Å². The van der Waals surface area contributed by atoms with Gasteiger partial charge in [0.1, 0.15) is 0 Å². The fraction of sp³-hybridized carbons (Fsp3) is 0.647. The van der Waals surface area contributed by atoms with Crippen LogP contribution in [0.1, 0.15) is 44.7 Å². The van der Waals surface area contributed by atoms with Gasteiger partial charge in [0.05, 0.1) is 0 Å². The molecule has 1 N–H and O–H groups in total. The van der Waals surface area contributed by atoms with E-state index < -0.39 is 0 Å². The van der Waals surface area contributed by atoms with Crippen molar-refractivity contribution in [2.75, 3.05) is 20.1 Å². The summed E-state index contributed by atoms with van der Waals surface area (Å²) in [7, 11) is 2.26. The minimum atomic E-state index is 0.422. The molecule has 0 aromatic heterocycles. The van der Waals surface area contributed by atoms with Crippen molar-refractivity contribution in [3.63, 3.8) is 0 Å². The lowest BCUT2D eigenvalue weighted by molar-refractivity contribution is 0.222. The fourth-order valence-electron chi connectivity index (χ4n) is 2.80. The molecule has 2 atom stereocenters. The van der Waals surface area contributed by atoms with Crippen molar-refractivity contribution in [1.29, 1.82) is 0 Å². The van der Waals surface area contributed by atoms with Crippen molar-refractivity contribution >= 4 is 11.6 Å². The topological polar surface area (TPSA) is 15.3 Å². The predicted molar refractivity (Wildman–Crippen MR) is 87.3 cm³/mol. The zero-order chi connectivity index (χ0) is 14.5. The van der Waals surface area contributed by atoms with Crippen molar-refractivity contribution in [3.05, 3.63) is 34.9 Å². The molecule has 1 aromatic carbocycles. The molecule has 0 radical (unpaired) electrons. The SMILES string of the molecule is CCNC(CCN(C)C(C)C1CC1)c1ccc(Cl)cc1. The maximum absolute atomic E-state index is 5.98. The average Bonchev–Trinajstić information content (AvgIpc) is 3.28. The van der Waals surface area contributed by atoms with Gasteiger partial charge >= 0.3 is 0 Å². The second-order valence-corrected chi connectivity index (χ2v) is 6.45. The van der Waals surface area contributed by atoms with Crippen molar-refractivity contribution in [2.45, 2.75) is 45.2 Å². The van der Waals surface area contributed by atoms with Crippen LogP contribution in [0.4, 0.5) is 0 Å². The Labute approximate surface area is 128 Å². The molecule has 0 aliphatic heterocycles. The molecule has 3 heteroatoms. The van der Waals surface area contributed by atoms with E-state index in [1.807, 2.05) is 12.1 Å². The Morgan fingerprint density at radius 3 is 2.50 bits per heavy atom. The summed E-state index contributed by atoms with van der Waals surface area (Å²) in [4.78, 5) is 2.51. The normalized spacial score (nSPS) is 18.2. The third kappa shape index (κ3) is 4.47. The molecule has 0 heterocycles. The summed E-state index contributed by atoms with van der Waals surface area (Å²) in [6.07, 6.45) is 3.97.